The fraction of sp³-hybridized carbons (Fsp3) is 0.318. The van der Waals surface area contributed by atoms with Crippen molar-refractivity contribution in [2.24, 2.45) is 0 Å². The number of hydrogen-bond donors (Lipinski definition) is 0. The second-order valence-corrected chi connectivity index (χ2v) is 11.4. The number of thioether (sulfide) groups is 1. The number of rotatable bonds is 6. The summed E-state index contributed by atoms with van der Waals surface area (Å²) in [6.45, 7) is 0.293. The van der Waals surface area contributed by atoms with E-state index in [1.165, 1.54) is 16.7 Å². The van der Waals surface area contributed by atoms with Crippen molar-refractivity contribution in [1.29, 1.82) is 0 Å². The van der Waals surface area contributed by atoms with Crippen LogP contribution in [0, 0.1) is 0 Å². The molecule has 7 nitrogen and oxygen atoms in total. The van der Waals surface area contributed by atoms with E-state index in [0.29, 0.717) is 34.0 Å². The maximum absolute atomic E-state index is 13.2. The Balaban J connectivity index is 1.60. The zero-order valence-electron chi connectivity index (χ0n) is 17.4. The second kappa shape index (κ2) is 9.25. The van der Waals surface area contributed by atoms with E-state index in [1.807, 2.05) is 18.2 Å². The van der Waals surface area contributed by atoms with Gasteiger partial charge in [0.05, 0.1) is 34.7 Å². The molecule has 1 amide bonds. The van der Waals surface area contributed by atoms with Gasteiger partial charge < -0.3 is 4.90 Å². The molecule has 2 aromatic carbocycles. The van der Waals surface area contributed by atoms with E-state index in [2.05, 4.69) is 4.98 Å². The summed E-state index contributed by atoms with van der Waals surface area (Å²) in [5, 5.41) is 1.55. The largest absolute Gasteiger partial charge is 0.341 e. The fourth-order valence-corrected chi connectivity index (χ4v) is 6.51. The molecular formula is C22H22ClN3O4S2. The number of aromatic nitrogens is 2. The molecule has 10 heteroatoms. The summed E-state index contributed by atoms with van der Waals surface area (Å²) in [5.41, 5.74) is 1.26. The first-order valence-corrected chi connectivity index (χ1v) is 13.2. The highest BCUT2D eigenvalue weighted by Crippen LogP contribution is 2.22. The predicted octanol–water partition coefficient (Wildman–Crippen LogP) is 2.84. The third-order valence-electron chi connectivity index (χ3n) is 5.55. The molecule has 168 valence electrons. The van der Waals surface area contributed by atoms with Crippen LogP contribution in [0.4, 0.5) is 0 Å². The van der Waals surface area contributed by atoms with Crippen LogP contribution in [-0.4, -0.2) is 59.1 Å². The van der Waals surface area contributed by atoms with Gasteiger partial charge in [0.25, 0.3) is 5.56 Å². The third kappa shape index (κ3) is 5.00. The Morgan fingerprint density at radius 1 is 1.22 bits per heavy atom. The maximum atomic E-state index is 13.2. The van der Waals surface area contributed by atoms with Crippen LogP contribution in [0.5, 0.6) is 0 Å². The molecule has 0 N–H and O–H groups in total. The highest BCUT2D eigenvalue weighted by molar-refractivity contribution is 7.99. The van der Waals surface area contributed by atoms with Gasteiger partial charge in [0.15, 0.2) is 15.0 Å². The highest BCUT2D eigenvalue weighted by atomic mass is 35.5. The number of benzene rings is 2. The summed E-state index contributed by atoms with van der Waals surface area (Å²) < 4.78 is 25.1. The van der Waals surface area contributed by atoms with E-state index in [4.69, 9.17) is 11.6 Å². The average molecular weight is 492 g/mol. The number of nitrogens with zero attached hydrogens (tertiary/aromatic N) is 3. The number of halogens is 1. The Bertz CT molecular complexity index is 1320. The lowest BCUT2D eigenvalue weighted by molar-refractivity contribution is -0.128. The molecule has 1 aliphatic rings. The Morgan fingerprint density at radius 2 is 1.94 bits per heavy atom. The van der Waals surface area contributed by atoms with Gasteiger partial charge in [-0.1, -0.05) is 47.6 Å². The number of carbonyl (C=O) groups excluding carboxylic acids is 1. The highest BCUT2D eigenvalue weighted by Gasteiger charge is 2.32. The molecule has 0 unspecified atom stereocenters. The third-order valence-corrected chi connectivity index (χ3v) is 8.52. The first kappa shape index (κ1) is 22.8. The normalized spacial score (nSPS) is 17.5. The van der Waals surface area contributed by atoms with Crippen molar-refractivity contribution in [1.82, 2.24) is 14.5 Å². The standard InChI is InChI=1S/C22H22ClN3O4S2/c1-25(17-10-11-32(29,30)14-17)20(27)13-31-22-24-19-5-3-2-4-18(19)21(28)26(22)12-15-6-8-16(23)9-7-15/h2-9,17H,10-14H2,1H3/t17-/m1/s1. The quantitative estimate of drug-likeness (QED) is 0.389. The SMILES string of the molecule is CN(C(=O)CSc1nc2ccccc2c(=O)n1Cc1ccc(Cl)cc1)[C@@H]1CCS(=O)(=O)C1. The van der Waals surface area contributed by atoms with Crippen LogP contribution in [0.25, 0.3) is 10.9 Å². The smallest absolute Gasteiger partial charge is 0.262 e. The van der Waals surface area contributed by atoms with Gasteiger partial charge in [0, 0.05) is 18.1 Å². The summed E-state index contributed by atoms with van der Waals surface area (Å²) >= 11 is 7.15. The minimum absolute atomic E-state index is 0.00456. The summed E-state index contributed by atoms with van der Waals surface area (Å²) in [6, 6.07) is 14.0. The van der Waals surface area contributed by atoms with Crippen molar-refractivity contribution in [3.63, 3.8) is 0 Å². The van der Waals surface area contributed by atoms with Gasteiger partial charge in [-0.05, 0) is 36.2 Å². The second-order valence-electron chi connectivity index (χ2n) is 7.78. The van der Waals surface area contributed by atoms with Crippen LogP contribution in [0.3, 0.4) is 0 Å². The molecule has 0 aliphatic carbocycles. The van der Waals surface area contributed by atoms with Gasteiger partial charge in [-0.3, -0.25) is 14.2 Å². The number of carbonyl (C=O) groups is 1. The van der Waals surface area contributed by atoms with Crippen LogP contribution in [0.1, 0.15) is 12.0 Å². The number of fused-ring (bicyclic) bond motifs is 1. The molecule has 4 rings (SSSR count). The van der Waals surface area contributed by atoms with Crippen molar-refractivity contribution < 1.29 is 13.2 Å². The summed E-state index contributed by atoms with van der Waals surface area (Å²) in [7, 11) is -1.46. The van der Waals surface area contributed by atoms with Crippen molar-refractivity contribution in [3.05, 3.63) is 69.5 Å². The van der Waals surface area contributed by atoms with E-state index < -0.39 is 9.84 Å². The Morgan fingerprint density at radius 3 is 2.62 bits per heavy atom. The molecule has 1 aliphatic heterocycles. The molecule has 32 heavy (non-hydrogen) atoms. The molecule has 1 saturated heterocycles. The monoisotopic (exact) mass is 491 g/mol. The van der Waals surface area contributed by atoms with Crippen molar-refractivity contribution in [3.8, 4) is 0 Å². The van der Waals surface area contributed by atoms with Crippen molar-refractivity contribution >= 4 is 50.0 Å². The minimum Gasteiger partial charge on any atom is -0.341 e. The molecule has 1 aromatic heterocycles. The van der Waals surface area contributed by atoms with Crippen LogP contribution >= 0.6 is 23.4 Å². The van der Waals surface area contributed by atoms with Crippen LogP contribution in [-0.2, 0) is 21.2 Å². The lowest BCUT2D eigenvalue weighted by Gasteiger charge is -2.23. The fourth-order valence-electron chi connectivity index (χ4n) is 3.68. The molecule has 1 atom stereocenters. The van der Waals surface area contributed by atoms with E-state index >= 15 is 0 Å². The van der Waals surface area contributed by atoms with Crippen molar-refractivity contribution in [2.75, 3.05) is 24.3 Å². The number of sulfone groups is 1. The zero-order valence-corrected chi connectivity index (χ0v) is 19.8. The molecule has 0 spiro atoms. The number of para-hydroxylation sites is 1. The Labute approximate surface area is 195 Å². The van der Waals surface area contributed by atoms with Gasteiger partial charge in [-0.2, -0.15) is 0 Å². The molecular weight excluding hydrogens is 470 g/mol. The number of hydrogen-bond acceptors (Lipinski definition) is 6. The van der Waals surface area contributed by atoms with Crippen molar-refractivity contribution in [2.45, 2.75) is 24.2 Å². The molecule has 2 heterocycles. The predicted molar refractivity (Wildman–Crippen MR) is 127 cm³/mol. The van der Waals surface area contributed by atoms with Crippen LogP contribution in [0.2, 0.25) is 5.02 Å². The van der Waals surface area contributed by atoms with Gasteiger partial charge in [-0.15, -0.1) is 0 Å². The molecule has 0 radical (unpaired) electrons. The maximum Gasteiger partial charge on any atom is 0.262 e. The van der Waals surface area contributed by atoms with Crippen LogP contribution in [0.15, 0.2) is 58.5 Å². The molecule has 0 bridgehead atoms. The first-order chi connectivity index (χ1) is 15.2. The summed E-state index contributed by atoms with van der Waals surface area (Å²) in [5.74, 6) is -0.0408. The van der Waals surface area contributed by atoms with E-state index in [1.54, 1.807) is 41.9 Å². The van der Waals surface area contributed by atoms with Crippen LogP contribution < -0.4 is 5.56 Å². The molecule has 1 fully saturated rings. The Hall–Kier alpha value is -2.36. The Kier molecular flexibility index (Phi) is 6.60. The van der Waals surface area contributed by atoms with Gasteiger partial charge in [-0.25, -0.2) is 13.4 Å². The minimum atomic E-state index is -3.08. The molecule has 3 aromatic rings. The van der Waals surface area contributed by atoms with Gasteiger partial charge in [0.2, 0.25) is 5.91 Å². The first-order valence-electron chi connectivity index (χ1n) is 10.1. The summed E-state index contributed by atoms with van der Waals surface area (Å²) in [4.78, 5) is 32.1. The van der Waals surface area contributed by atoms with E-state index in [0.717, 1.165) is 5.56 Å². The zero-order chi connectivity index (χ0) is 22.9. The number of amides is 1. The topological polar surface area (TPSA) is 89.3 Å². The van der Waals surface area contributed by atoms with E-state index in [-0.39, 0.29) is 34.8 Å². The molecule has 0 saturated carbocycles. The van der Waals surface area contributed by atoms with Gasteiger partial charge in [0.1, 0.15) is 0 Å². The average Bonchev–Trinajstić information content (AvgIpc) is 3.14. The lowest BCUT2D eigenvalue weighted by Crippen LogP contribution is -2.39. The summed E-state index contributed by atoms with van der Waals surface area (Å²) in [6.07, 6.45) is 0.449. The van der Waals surface area contributed by atoms with E-state index in [9.17, 15) is 18.0 Å². The lowest BCUT2D eigenvalue weighted by atomic mass is 10.2. The van der Waals surface area contributed by atoms with Gasteiger partial charge >= 0.3 is 0 Å².